The number of rotatable bonds is 4. The first-order chi connectivity index (χ1) is 4.76. The second kappa shape index (κ2) is 5.56. The van der Waals surface area contributed by atoms with Gasteiger partial charge in [-0.2, -0.15) is 11.8 Å². The molecule has 0 rings (SSSR count). The molecule has 0 aromatic carbocycles. The number of nitrogens with one attached hydrogen (secondary N) is 1. The van der Waals surface area contributed by atoms with E-state index in [1.54, 1.807) is 18.8 Å². The number of carbonyl (C=O) groups is 1. The van der Waals surface area contributed by atoms with Gasteiger partial charge in [-0.05, 0) is 13.3 Å². The Labute approximate surface area is 65.5 Å². The van der Waals surface area contributed by atoms with Gasteiger partial charge in [0, 0.05) is 5.75 Å². The van der Waals surface area contributed by atoms with E-state index in [2.05, 4.69) is 10.1 Å². The SMILES string of the molecule is CN[C@H](CSC)C(=O)OC. The van der Waals surface area contributed by atoms with Crippen molar-refractivity contribution in [3.63, 3.8) is 0 Å². The van der Waals surface area contributed by atoms with Crippen molar-refractivity contribution in [2.45, 2.75) is 6.04 Å². The zero-order valence-electron chi connectivity index (χ0n) is 6.51. The van der Waals surface area contributed by atoms with E-state index >= 15 is 0 Å². The van der Waals surface area contributed by atoms with Crippen LogP contribution in [-0.4, -0.2) is 38.2 Å². The Morgan fingerprint density at radius 3 is 2.70 bits per heavy atom. The van der Waals surface area contributed by atoms with Gasteiger partial charge in [-0.15, -0.1) is 0 Å². The first kappa shape index (κ1) is 9.78. The third-order valence-electron chi connectivity index (χ3n) is 1.17. The maximum atomic E-state index is 10.8. The molecule has 0 aliphatic rings. The van der Waals surface area contributed by atoms with Gasteiger partial charge in [-0.25, -0.2) is 0 Å². The highest BCUT2D eigenvalue weighted by molar-refractivity contribution is 7.98. The Bertz CT molecular complexity index is 108. The van der Waals surface area contributed by atoms with E-state index in [1.165, 1.54) is 7.11 Å². The third kappa shape index (κ3) is 3.08. The van der Waals surface area contributed by atoms with Crippen molar-refractivity contribution in [2.24, 2.45) is 0 Å². The van der Waals surface area contributed by atoms with Gasteiger partial charge in [0.1, 0.15) is 6.04 Å². The molecule has 0 heterocycles. The van der Waals surface area contributed by atoms with Crippen LogP contribution in [0.4, 0.5) is 0 Å². The molecule has 0 unspecified atom stereocenters. The molecule has 3 nitrogen and oxygen atoms in total. The van der Waals surface area contributed by atoms with Crippen LogP contribution in [0.2, 0.25) is 0 Å². The molecular formula is C6H13NO2S. The normalized spacial score (nSPS) is 12.7. The van der Waals surface area contributed by atoms with Gasteiger partial charge in [0.15, 0.2) is 0 Å². The number of thioether (sulfide) groups is 1. The lowest BCUT2D eigenvalue weighted by atomic mass is 10.3. The molecule has 0 saturated heterocycles. The van der Waals surface area contributed by atoms with Crippen LogP contribution < -0.4 is 5.32 Å². The van der Waals surface area contributed by atoms with Gasteiger partial charge in [0.05, 0.1) is 7.11 Å². The van der Waals surface area contributed by atoms with Crippen molar-refractivity contribution < 1.29 is 9.53 Å². The molecule has 4 heteroatoms. The van der Waals surface area contributed by atoms with Crippen LogP contribution >= 0.6 is 11.8 Å². The van der Waals surface area contributed by atoms with Crippen LogP contribution in [0.3, 0.4) is 0 Å². The zero-order valence-corrected chi connectivity index (χ0v) is 7.33. The monoisotopic (exact) mass is 163 g/mol. The number of ether oxygens (including phenoxy) is 1. The Morgan fingerprint density at radius 1 is 1.80 bits per heavy atom. The molecule has 0 aliphatic heterocycles. The molecule has 0 bridgehead atoms. The largest absolute Gasteiger partial charge is 0.468 e. The highest BCUT2D eigenvalue weighted by Gasteiger charge is 2.14. The predicted octanol–water partition coefficient (Wildman–Crippen LogP) is 0.110. The zero-order chi connectivity index (χ0) is 7.98. The molecule has 0 saturated carbocycles. The fourth-order valence-electron chi connectivity index (χ4n) is 0.578. The summed E-state index contributed by atoms with van der Waals surface area (Å²) in [5, 5.41) is 2.86. The molecule has 0 fully saturated rings. The Balaban J connectivity index is 3.68. The molecule has 0 spiro atoms. The highest BCUT2D eigenvalue weighted by Crippen LogP contribution is 1.97. The molecule has 0 aromatic rings. The molecule has 1 N–H and O–H groups in total. The van der Waals surface area contributed by atoms with E-state index in [0.29, 0.717) is 0 Å². The summed E-state index contributed by atoms with van der Waals surface area (Å²) in [6.45, 7) is 0. The van der Waals surface area contributed by atoms with Crippen LogP contribution in [0, 0.1) is 0 Å². The summed E-state index contributed by atoms with van der Waals surface area (Å²) in [7, 11) is 3.14. The first-order valence-corrected chi connectivity index (χ1v) is 4.39. The lowest BCUT2D eigenvalue weighted by Gasteiger charge is -2.10. The summed E-state index contributed by atoms with van der Waals surface area (Å²) >= 11 is 1.61. The standard InChI is InChI=1S/C6H13NO2S/c1-7-5(4-10-3)6(8)9-2/h5,7H,4H2,1-3H3/t5-/m1/s1. The van der Waals surface area contributed by atoms with Crippen molar-refractivity contribution in [3.05, 3.63) is 0 Å². The minimum Gasteiger partial charge on any atom is -0.468 e. The molecule has 0 aliphatic carbocycles. The molecule has 10 heavy (non-hydrogen) atoms. The van der Waals surface area contributed by atoms with Gasteiger partial charge >= 0.3 is 5.97 Å². The maximum absolute atomic E-state index is 10.8. The Hall–Kier alpha value is -0.220. The Kier molecular flexibility index (Phi) is 5.43. The number of likely N-dealkylation sites (N-methyl/N-ethyl adjacent to an activating group) is 1. The number of hydrogen-bond acceptors (Lipinski definition) is 4. The van der Waals surface area contributed by atoms with Crippen molar-refractivity contribution in [3.8, 4) is 0 Å². The highest BCUT2D eigenvalue weighted by atomic mass is 32.2. The van der Waals surface area contributed by atoms with Crippen LogP contribution in [0.25, 0.3) is 0 Å². The number of methoxy groups -OCH3 is 1. The topological polar surface area (TPSA) is 38.3 Å². The average molecular weight is 163 g/mol. The number of carbonyl (C=O) groups excluding carboxylic acids is 1. The van der Waals surface area contributed by atoms with E-state index in [4.69, 9.17) is 0 Å². The van der Waals surface area contributed by atoms with Gasteiger partial charge in [-0.1, -0.05) is 0 Å². The minimum atomic E-state index is -0.197. The smallest absolute Gasteiger partial charge is 0.323 e. The molecule has 0 radical (unpaired) electrons. The molecular weight excluding hydrogens is 150 g/mol. The summed E-state index contributed by atoms with van der Waals surface area (Å²) in [6.07, 6.45) is 1.95. The van der Waals surface area contributed by atoms with Crippen LogP contribution in [0.15, 0.2) is 0 Å². The van der Waals surface area contributed by atoms with Crippen molar-refractivity contribution in [2.75, 3.05) is 26.2 Å². The van der Waals surface area contributed by atoms with Crippen LogP contribution in [0.1, 0.15) is 0 Å². The molecule has 0 aromatic heterocycles. The third-order valence-corrected chi connectivity index (χ3v) is 1.83. The van der Waals surface area contributed by atoms with Gasteiger partial charge in [0.25, 0.3) is 0 Å². The molecule has 60 valence electrons. The maximum Gasteiger partial charge on any atom is 0.323 e. The summed E-state index contributed by atoms with van der Waals surface area (Å²) < 4.78 is 4.54. The van der Waals surface area contributed by atoms with Gasteiger partial charge in [-0.3, -0.25) is 4.79 Å². The second-order valence-corrected chi connectivity index (χ2v) is 2.73. The molecule has 0 amide bonds. The van der Waals surface area contributed by atoms with Crippen LogP contribution in [-0.2, 0) is 9.53 Å². The van der Waals surface area contributed by atoms with E-state index in [0.717, 1.165) is 5.75 Å². The van der Waals surface area contributed by atoms with Crippen molar-refractivity contribution in [1.82, 2.24) is 5.32 Å². The minimum absolute atomic E-state index is 0.167. The summed E-state index contributed by atoms with van der Waals surface area (Å²) in [5.41, 5.74) is 0. The van der Waals surface area contributed by atoms with E-state index < -0.39 is 0 Å². The summed E-state index contributed by atoms with van der Waals surface area (Å²) in [4.78, 5) is 10.8. The average Bonchev–Trinajstić information content (AvgIpc) is 1.99. The first-order valence-electron chi connectivity index (χ1n) is 3.00. The molecule has 1 atom stereocenters. The number of hydrogen-bond donors (Lipinski definition) is 1. The van der Waals surface area contributed by atoms with Gasteiger partial charge < -0.3 is 10.1 Å². The van der Waals surface area contributed by atoms with E-state index in [-0.39, 0.29) is 12.0 Å². The fraction of sp³-hybridized carbons (Fsp3) is 0.833. The summed E-state index contributed by atoms with van der Waals surface area (Å²) in [5.74, 6) is 0.556. The van der Waals surface area contributed by atoms with Crippen LogP contribution in [0.5, 0.6) is 0 Å². The fourth-order valence-corrected chi connectivity index (χ4v) is 1.21. The van der Waals surface area contributed by atoms with Gasteiger partial charge in [0.2, 0.25) is 0 Å². The number of esters is 1. The summed E-state index contributed by atoms with van der Waals surface area (Å²) in [6, 6.07) is -0.167. The van der Waals surface area contributed by atoms with Crippen molar-refractivity contribution >= 4 is 17.7 Å². The quantitative estimate of drug-likeness (QED) is 0.597. The predicted molar refractivity (Wildman–Crippen MR) is 43.2 cm³/mol. The van der Waals surface area contributed by atoms with E-state index in [9.17, 15) is 4.79 Å². The Morgan fingerprint density at radius 2 is 2.40 bits per heavy atom. The lowest BCUT2D eigenvalue weighted by Crippen LogP contribution is -2.37. The lowest BCUT2D eigenvalue weighted by molar-refractivity contribution is -0.142. The van der Waals surface area contributed by atoms with Crippen molar-refractivity contribution in [1.29, 1.82) is 0 Å². The van der Waals surface area contributed by atoms with E-state index in [1.807, 2.05) is 6.26 Å². The second-order valence-electron chi connectivity index (χ2n) is 1.82.